The Bertz CT molecular complexity index is 759. The Morgan fingerprint density at radius 1 is 1.00 bits per heavy atom. The summed E-state index contributed by atoms with van der Waals surface area (Å²) in [6.07, 6.45) is 0. The Morgan fingerprint density at radius 3 is 2.33 bits per heavy atom. The van der Waals surface area contributed by atoms with Crippen LogP contribution in [-0.4, -0.2) is 18.0 Å². The fourth-order valence-electron chi connectivity index (χ4n) is 3.87. The SMILES string of the molecule is Cc1ccc(N2C(=O)C3NNC(C)C3C2c2ccc(Cl)cc2)cc1. The summed E-state index contributed by atoms with van der Waals surface area (Å²) < 4.78 is 0. The quantitative estimate of drug-likeness (QED) is 0.881. The van der Waals surface area contributed by atoms with Crippen molar-refractivity contribution < 1.29 is 4.79 Å². The number of halogens is 1. The molecule has 0 aromatic heterocycles. The van der Waals surface area contributed by atoms with Crippen molar-refractivity contribution in [2.75, 3.05) is 4.90 Å². The first-order valence-electron chi connectivity index (χ1n) is 8.22. The van der Waals surface area contributed by atoms with E-state index in [9.17, 15) is 4.79 Å². The molecule has 4 rings (SSSR count). The lowest BCUT2D eigenvalue weighted by Crippen LogP contribution is -2.42. The number of fused-ring (bicyclic) bond motifs is 1. The van der Waals surface area contributed by atoms with Gasteiger partial charge in [-0.1, -0.05) is 41.4 Å². The largest absolute Gasteiger partial charge is 0.303 e. The summed E-state index contributed by atoms with van der Waals surface area (Å²) in [5.41, 5.74) is 9.62. The number of amides is 1. The van der Waals surface area contributed by atoms with Gasteiger partial charge in [-0.2, -0.15) is 0 Å². The van der Waals surface area contributed by atoms with Crippen molar-refractivity contribution in [3.05, 3.63) is 64.7 Å². The monoisotopic (exact) mass is 341 g/mol. The number of nitrogens with one attached hydrogen (secondary N) is 2. The summed E-state index contributed by atoms with van der Waals surface area (Å²) in [4.78, 5) is 15.0. The molecule has 5 heteroatoms. The fraction of sp³-hybridized carbons (Fsp3) is 0.316. The summed E-state index contributed by atoms with van der Waals surface area (Å²) >= 11 is 6.05. The van der Waals surface area contributed by atoms with E-state index in [0.717, 1.165) is 11.3 Å². The van der Waals surface area contributed by atoms with Crippen LogP contribution in [0.15, 0.2) is 48.5 Å². The van der Waals surface area contributed by atoms with Gasteiger partial charge in [-0.3, -0.25) is 10.2 Å². The van der Waals surface area contributed by atoms with Crippen molar-refractivity contribution in [1.82, 2.24) is 10.9 Å². The van der Waals surface area contributed by atoms with Crippen LogP contribution in [-0.2, 0) is 4.79 Å². The molecule has 124 valence electrons. The van der Waals surface area contributed by atoms with Crippen LogP contribution in [0.4, 0.5) is 5.69 Å². The summed E-state index contributed by atoms with van der Waals surface area (Å²) in [5, 5.41) is 0.706. The second-order valence-corrected chi connectivity index (χ2v) is 7.11. The molecule has 0 saturated carbocycles. The number of benzene rings is 2. The van der Waals surface area contributed by atoms with E-state index < -0.39 is 0 Å². The van der Waals surface area contributed by atoms with Crippen molar-refractivity contribution in [2.45, 2.75) is 32.0 Å². The maximum Gasteiger partial charge on any atom is 0.246 e. The number of nitrogens with zero attached hydrogens (tertiary/aromatic N) is 1. The van der Waals surface area contributed by atoms with Crippen molar-refractivity contribution in [3.8, 4) is 0 Å². The van der Waals surface area contributed by atoms with Gasteiger partial charge < -0.3 is 4.90 Å². The molecule has 24 heavy (non-hydrogen) atoms. The molecule has 2 aliphatic rings. The van der Waals surface area contributed by atoms with Gasteiger partial charge in [-0.25, -0.2) is 5.43 Å². The summed E-state index contributed by atoms with van der Waals surface area (Å²) in [5.74, 6) is 0.278. The van der Waals surface area contributed by atoms with Gasteiger partial charge >= 0.3 is 0 Å². The van der Waals surface area contributed by atoms with E-state index in [1.54, 1.807) is 0 Å². The predicted octanol–water partition coefficient (Wildman–Crippen LogP) is 3.22. The molecular weight excluding hydrogens is 322 g/mol. The average Bonchev–Trinajstić information content (AvgIpc) is 3.09. The van der Waals surface area contributed by atoms with Gasteiger partial charge in [0.15, 0.2) is 0 Å². The third-order valence-electron chi connectivity index (χ3n) is 5.10. The third kappa shape index (κ3) is 2.42. The molecule has 0 aliphatic carbocycles. The number of hydrazine groups is 1. The van der Waals surface area contributed by atoms with Gasteiger partial charge in [0, 0.05) is 22.7 Å². The van der Waals surface area contributed by atoms with E-state index in [2.05, 4.69) is 24.7 Å². The van der Waals surface area contributed by atoms with Crippen LogP contribution >= 0.6 is 11.6 Å². The van der Waals surface area contributed by atoms with Gasteiger partial charge in [0.2, 0.25) is 5.91 Å². The molecule has 2 aromatic carbocycles. The first-order chi connectivity index (χ1) is 11.6. The molecule has 1 amide bonds. The second-order valence-electron chi connectivity index (χ2n) is 6.67. The lowest BCUT2D eigenvalue weighted by atomic mass is 9.87. The highest BCUT2D eigenvalue weighted by molar-refractivity contribution is 6.30. The van der Waals surface area contributed by atoms with Crippen LogP contribution in [0.2, 0.25) is 5.02 Å². The molecule has 0 radical (unpaired) electrons. The zero-order valence-corrected chi connectivity index (χ0v) is 14.4. The minimum Gasteiger partial charge on any atom is -0.303 e. The van der Waals surface area contributed by atoms with Crippen molar-refractivity contribution in [3.63, 3.8) is 0 Å². The van der Waals surface area contributed by atoms with Crippen molar-refractivity contribution in [1.29, 1.82) is 0 Å². The Morgan fingerprint density at radius 2 is 1.67 bits per heavy atom. The maximum atomic E-state index is 13.1. The molecular formula is C19H20ClN3O. The topological polar surface area (TPSA) is 44.4 Å². The smallest absolute Gasteiger partial charge is 0.246 e. The summed E-state index contributed by atoms with van der Waals surface area (Å²) in [6.45, 7) is 4.17. The molecule has 4 atom stereocenters. The number of carbonyl (C=O) groups excluding carboxylic acids is 1. The first-order valence-corrected chi connectivity index (χ1v) is 8.60. The highest BCUT2D eigenvalue weighted by atomic mass is 35.5. The summed E-state index contributed by atoms with van der Waals surface area (Å²) in [6, 6.07) is 16.0. The van der Waals surface area contributed by atoms with Gasteiger partial charge in [0.25, 0.3) is 0 Å². The number of rotatable bonds is 2. The van der Waals surface area contributed by atoms with E-state index in [4.69, 9.17) is 11.6 Å². The maximum absolute atomic E-state index is 13.1. The van der Waals surface area contributed by atoms with Gasteiger partial charge in [-0.05, 0) is 43.7 Å². The van der Waals surface area contributed by atoms with E-state index in [-0.39, 0.29) is 30.0 Å². The van der Waals surface area contributed by atoms with E-state index in [1.807, 2.05) is 53.4 Å². The molecule has 0 spiro atoms. The Labute approximate surface area is 146 Å². The van der Waals surface area contributed by atoms with Gasteiger partial charge in [0.1, 0.15) is 6.04 Å². The molecule has 2 aromatic rings. The average molecular weight is 342 g/mol. The van der Waals surface area contributed by atoms with Crippen LogP contribution in [0.1, 0.15) is 24.1 Å². The molecule has 4 unspecified atom stereocenters. The van der Waals surface area contributed by atoms with Gasteiger partial charge in [-0.15, -0.1) is 0 Å². The number of aryl methyl sites for hydroxylation is 1. The Hall–Kier alpha value is -1.88. The first kappa shape index (κ1) is 15.6. The Balaban J connectivity index is 1.81. The standard InChI is InChI=1S/C19H20ClN3O/c1-11-3-9-15(10-4-11)23-18(13-5-7-14(20)8-6-13)16-12(2)21-22-17(16)19(23)24/h3-10,12,16-18,21-22H,1-2H3. The molecule has 2 aliphatic heterocycles. The van der Waals surface area contributed by atoms with E-state index in [0.29, 0.717) is 5.02 Å². The minimum atomic E-state index is -0.206. The highest BCUT2D eigenvalue weighted by Crippen LogP contribution is 2.44. The number of anilines is 1. The van der Waals surface area contributed by atoms with Crippen LogP contribution in [0.5, 0.6) is 0 Å². The van der Waals surface area contributed by atoms with Crippen LogP contribution in [0, 0.1) is 12.8 Å². The van der Waals surface area contributed by atoms with Crippen molar-refractivity contribution >= 4 is 23.2 Å². The number of hydrogen-bond donors (Lipinski definition) is 2. The lowest BCUT2D eigenvalue weighted by Gasteiger charge is -2.30. The predicted molar refractivity (Wildman–Crippen MR) is 95.9 cm³/mol. The zero-order chi connectivity index (χ0) is 16.8. The second kappa shape index (κ2) is 5.88. The minimum absolute atomic E-state index is 0.0139. The number of hydrogen-bond acceptors (Lipinski definition) is 3. The molecule has 2 N–H and O–H groups in total. The molecule has 0 bridgehead atoms. The molecule has 2 fully saturated rings. The van der Waals surface area contributed by atoms with Crippen molar-refractivity contribution in [2.24, 2.45) is 5.92 Å². The third-order valence-corrected chi connectivity index (χ3v) is 5.35. The van der Waals surface area contributed by atoms with Gasteiger partial charge in [0.05, 0.1) is 6.04 Å². The summed E-state index contributed by atoms with van der Waals surface area (Å²) in [7, 11) is 0. The fourth-order valence-corrected chi connectivity index (χ4v) is 3.99. The molecule has 2 heterocycles. The molecule has 2 saturated heterocycles. The van der Waals surface area contributed by atoms with Crippen LogP contribution in [0.25, 0.3) is 0 Å². The van der Waals surface area contributed by atoms with E-state index in [1.165, 1.54) is 5.56 Å². The van der Waals surface area contributed by atoms with Crippen LogP contribution < -0.4 is 15.8 Å². The van der Waals surface area contributed by atoms with Crippen LogP contribution in [0.3, 0.4) is 0 Å². The zero-order valence-electron chi connectivity index (χ0n) is 13.7. The Kier molecular flexibility index (Phi) is 3.83. The normalized spacial score (nSPS) is 29.1. The lowest BCUT2D eigenvalue weighted by molar-refractivity contribution is -0.119. The number of carbonyl (C=O) groups is 1. The molecule has 4 nitrogen and oxygen atoms in total. The van der Waals surface area contributed by atoms with E-state index >= 15 is 0 Å². The highest BCUT2D eigenvalue weighted by Gasteiger charge is 2.54.